The van der Waals surface area contributed by atoms with E-state index in [2.05, 4.69) is 9.80 Å². The molecule has 2 saturated heterocycles. The SMILES string of the molecule is O=C(O)C1CCCN(C2CCN(CCS(=O)(=O)c3ccccc3)CC2)C1. The summed E-state index contributed by atoms with van der Waals surface area (Å²) in [5, 5.41) is 9.24. The summed E-state index contributed by atoms with van der Waals surface area (Å²) >= 11 is 0. The zero-order valence-electron chi connectivity index (χ0n) is 15.1. The molecule has 2 fully saturated rings. The molecular weight excluding hydrogens is 352 g/mol. The first-order chi connectivity index (χ1) is 12.5. The molecule has 3 rings (SSSR count). The highest BCUT2D eigenvalue weighted by Gasteiger charge is 2.31. The van der Waals surface area contributed by atoms with Crippen LogP contribution in [-0.2, 0) is 14.6 Å². The van der Waals surface area contributed by atoms with Crippen molar-refractivity contribution in [2.75, 3.05) is 38.5 Å². The maximum Gasteiger partial charge on any atom is 0.307 e. The smallest absolute Gasteiger partial charge is 0.307 e. The van der Waals surface area contributed by atoms with Gasteiger partial charge >= 0.3 is 5.97 Å². The molecule has 0 saturated carbocycles. The van der Waals surface area contributed by atoms with Crippen LogP contribution in [0.25, 0.3) is 0 Å². The molecule has 2 aliphatic heterocycles. The van der Waals surface area contributed by atoms with Crippen LogP contribution in [-0.4, -0.2) is 73.8 Å². The number of piperidine rings is 2. The lowest BCUT2D eigenvalue weighted by molar-refractivity contribution is -0.144. The van der Waals surface area contributed by atoms with Gasteiger partial charge in [-0.2, -0.15) is 0 Å². The van der Waals surface area contributed by atoms with Crippen LogP contribution in [0.4, 0.5) is 0 Å². The van der Waals surface area contributed by atoms with Crippen molar-refractivity contribution in [3.8, 4) is 0 Å². The predicted octanol–water partition coefficient (Wildman–Crippen LogP) is 1.72. The second-order valence-corrected chi connectivity index (χ2v) is 9.49. The fraction of sp³-hybridized carbons (Fsp3) is 0.632. The van der Waals surface area contributed by atoms with Gasteiger partial charge in [0.1, 0.15) is 0 Å². The Morgan fingerprint density at radius 3 is 2.42 bits per heavy atom. The van der Waals surface area contributed by atoms with Crippen LogP contribution in [0.1, 0.15) is 25.7 Å². The van der Waals surface area contributed by atoms with Gasteiger partial charge in [-0.05, 0) is 57.5 Å². The maximum absolute atomic E-state index is 12.4. The Kier molecular flexibility index (Phi) is 6.32. The third kappa shape index (κ3) is 4.84. The van der Waals surface area contributed by atoms with Crippen LogP contribution in [0.3, 0.4) is 0 Å². The average molecular weight is 381 g/mol. The highest BCUT2D eigenvalue weighted by molar-refractivity contribution is 7.91. The maximum atomic E-state index is 12.4. The van der Waals surface area contributed by atoms with Gasteiger partial charge in [0.2, 0.25) is 0 Å². The monoisotopic (exact) mass is 380 g/mol. The molecule has 144 valence electrons. The molecule has 1 aromatic rings. The van der Waals surface area contributed by atoms with Gasteiger partial charge in [-0.3, -0.25) is 9.69 Å². The van der Waals surface area contributed by atoms with Crippen LogP contribution < -0.4 is 0 Å². The number of benzene rings is 1. The Labute approximate surface area is 155 Å². The number of hydrogen-bond donors (Lipinski definition) is 1. The van der Waals surface area contributed by atoms with Crippen LogP contribution in [0.5, 0.6) is 0 Å². The molecule has 1 unspecified atom stereocenters. The minimum absolute atomic E-state index is 0.145. The van der Waals surface area contributed by atoms with Crippen molar-refractivity contribution >= 4 is 15.8 Å². The first kappa shape index (κ1) is 19.3. The number of rotatable bonds is 6. The van der Waals surface area contributed by atoms with Gasteiger partial charge in [-0.15, -0.1) is 0 Å². The van der Waals surface area contributed by atoms with Crippen molar-refractivity contribution in [2.45, 2.75) is 36.6 Å². The lowest BCUT2D eigenvalue weighted by atomic mass is 9.94. The summed E-state index contributed by atoms with van der Waals surface area (Å²) in [7, 11) is -3.23. The van der Waals surface area contributed by atoms with E-state index in [1.807, 2.05) is 6.07 Å². The lowest BCUT2D eigenvalue weighted by Crippen LogP contribution is -2.50. The van der Waals surface area contributed by atoms with Crippen LogP contribution in [0.15, 0.2) is 35.2 Å². The van der Waals surface area contributed by atoms with Crippen molar-refractivity contribution in [1.29, 1.82) is 0 Å². The summed E-state index contributed by atoms with van der Waals surface area (Å²) in [5.41, 5.74) is 0. The number of aliphatic carboxylic acids is 1. The van der Waals surface area contributed by atoms with E-state index < -0.39 is 15.8 Å². The minimum atomic E-state index is -3.23. The largest absolute Gasteiger partial charge is 0.481 e. The van der Waals surface area contributed by atoms with Gasteiger partial charge in [0.05, 0.1) is 16.6 Å². The fourth-order valence-corrected chi connectivity index (χ4v) is 5.35. The molecule has 6 nitrogen and oxygen atoms in total. The second kappa shape index (κ2) is 8.50. The summed E-state index contributed by atoms with van der Waals surface area (Å²) < 4.78 is 24.8. The molecule has 0 spiro atoms. The van der Waals surface area contributed by atoms with Gasteiger partial charge < -0.3 is 10.0 Å². The summed E-state index contributed by atoms with van der Waals surface area (Å²) in [6.45, 7) is 3.95. The molecule has 0 amide bonds. The normalized spacial score (nSPS) is 23.8. The van der Waals surface area contributed by atoms with E-state index in [1.54, 1.807) is 24.3 Å². The minimum Gasteiger partial charge on any atom is -0.481 e. The van der Waals surface area contributed by atoms with E-state index in [4.69, 9.17) is 0 Å². The number of hydrogen-bond acceptors (Lipinski definition) is 5. The van der Waals surface area contributed by atoms with E-state index >= 15 is 0 Å². The van der Waals surface area contributed by atoms with E-state index in [9.17, 15) is 18.3 Å². The second-order valence-electron chi connectivity index (χ2n) is 7.38. The number of carboxylic acid groups (broad SMARTS) is 1. The van der Waals surface area contributed by atoms with Crippen molar-refractivity contribution in [3.63, 3.8) is 0 Å². The Morgan fingerprint density at radius 2 is 1.77 bits per heavy atom. The quantitative estimate of drug-likeness (QED) is 0.810. The first-order valence-electron chi connectivity index (χ1n) is 9.43. The Bertz CT molecular complexity index is 700. The van der Waals surface area contributed by atoms with Crippen molar-refractivity contribution in [1.82, 2.24) is 9.80 Å². The number of carbonyl (C=O) groups is 1. The van der Waals surface area contributed by atoms with E-state index in [-0.39, 0.29) is 11.7 Å². The molecule has 2 heterocycles. The van der Waals surface area contributed by atoms with Crippen LogP contribution >= 0.6 is 0 Å². The highest BCUT2D eigenvalue weighted by Crippen LogP contribution is 2.24. The Hall–Kier alpha value is -1.44. The Morgan fingerprint density at radius 1 is 1.08 bits per heavy atom. The van der Waals surface area contributed by atoms with E-state index in [0.717, 1.165) is 45.3 Å². The van der Waals surface area contributed by atoms with Gasteiger partial charge in [0, 0.05) is 19.1 Å². The summed E-state index contributed by atoms with van der Waals surface area (Å²) in [6.07, 6.45) is 3.70. The van der Waals surface area contributed by atoms with Crippen molar-refractivity contribution in [3.05, 3.63) is 30.3 Å². The first-order valence-corrected chi connectivity index (χ1v) is 11.1. The molecule has 7 heteroatoms. The van der Waals surface area contributed by atoms with Crippen LogP contribution in [0, 0.1) is 5.92 Å². The topological polar surface area (TPSA) is 77.9 Å². The molecule has 1 atom stereocenters. The molecule has 1 N–H and O–H groups in total. The highest BCUT2D eigenvalue weighted by atomic mass is 32.2. The predicted molar refractivity (Wildman–Crippen MR) is 99.9 cm³/mol. The standard InChI is InChI=1S/C19H28N2O4S/c22-19(23)16-5-4-10-21(15-16)17-8-11-20(12-9-17)13-14-26(24,25)18-6-2-1-3-7-18/h1-3,6-7,16-17H,4-5,8-15H2,(H,22,23). The number of likely N-dealkylation sites (tertiary alicyclic amines) is 2. The zero-order chi connectivity index (χ0) is 18.6. The molecule has 2 aliphatic rings. The van der Waals surface area contributed by atoms with E-state index in [0.29, 0.717) is 24.0 Å². The van der Waals surface area contributed by atoms with Crippen molar-refractivity contribution < 1.29 is 18.3 Å². The third-order valence-electron chi connectivity index (χ3n) is 5.65. The average Bonchev–Trinajstić information content (AvgIpc) is 2.68. The molecule has 0 radical (unpaired) electrons. The lowest BCUT2D eigenvalue weighted by Gasteiger charge is -2.41. The van der Waals surface area contributed by atoms with Gasteiger partial charge in [-0.25, -0.2) is 8.42 Å². The Balaban J connectivity index is 1.46. The zero-order valence-corrected chi connectivity index (χ0v) is 15.9. The number of sulfone groups is 1. The molecule has 0 aromatic heterocycles. The summed E-state index contributed by atoms with van der Waals surface area (Å²) in [4.78, 5) is 16.2. The summed E-state index contributed by atoms with van der Waals surface area (Å²) in [5.74, 6) is -0.775. The van der Waals surface area contributed by atoms with Gasteiger partial charge in [0.15, 0.2) is 9.84 Å². The molecule has 26 heavy (non-hydrogen) atoms. The van der Waals surface area contributed by atoms with Crippen molar-refractivity contribution in [2.24, 2.45) is 5.92 Å². The van der Waals surface area contributed by atoms with Gasteiger partial charge in [-0.1, -0.05) is 18.2 Å². The van der Waals surface area contributed by atoms with Gasteiger partial charge in [0.25, 0.3) is 0 Å². The molecule has 0 bridgehead atoms. The third-order valence-corrected chi connectivity index (χ3v) is 7.36. The summed E-state index contributed by atoms with van der Waals surface area (Å²) in [6, 6.07) is 9.05. The molecule has 1 aromatic carbocycles. The van der Waals surface area contributed by atoms with Crippen LogP contribution in [0.2, 0.25) is 0 Å². The fourth-order valence-electron chi connectivity index (χ4n) is 4.04. The number of carboxylic acids is 1. The molecule has 0 aliphatic carbocycles. The molecular formula is C19H28N2O4S. The van der Waals surface area contributed by atoms with E-state index in [1.165, 1.54) is 0 Å². The number of nitrogens with zero attached hydrogens (tertiary/aromatic N) is 2.